The van der Waals surface area contributed by atoms with Gasteiger partial charge < -0.3 is 74.0 Å². The maximum atomic E-state index is 15.6. The molecular weight excluding hydrogens is 1500 g/mol. The predicted octanol–water partition coefficient (Wildman–Crippen LogP) is 14.2. The Morgan fingerprint density at radius 1 is 0.259 bits per heavy atom. The van der Waals surface area contributed by atoms with E-state index < -0.39 is 201 Å². The summed E-state index contributed by atoms with van der Waals surface area (Å²) >= 11 is 0. The fourth-order valence-electron chi connectivity index (χ4n) is 12.4. The molecule has 662 valence electrons. The van der Waals surface area contributed by atoms with Crippen LogP contribution in [0, 0.1) is 0 Å². The lowest BCUT2D eigenvalue weighted by Crippen LogP contribution is -2.57. The summed E-state index contributed by atoms with van der Waals surface area (Å²) < 4.78 is 57.1. The minimum atomic E-state index is -1.95. The molecule has 29 nitrogen and oxygen atoms in total. The number of rotatable bonds is 44. The molecule has 5 amide bonds. The molecule has 0 unspecified atom stereocenters. The molecule has 5 N–H and O–H groups in total. The van der Waals surface area contributed by atoms with Gasteiger partial charge in [0, 0.05) is 99.2 Å². The van der Waals surface area contributed by atoms with Gasteiger partial charge >= 0.3 is 59.8 Å². The van der Waals surface area contributed by atoms with Crippen LogP contribution >= 0.6 is 0 Å². The molecule has 116 heavy (non-hydrogen) atoms. The second-order valence-electron chi connectivity index (χ2n) is 39.5. The highest BCUT2D eigenvalue weighted by Crippen LogP contribution is 2.36. The summed E-state index contributed by atoms with van der Waals surface area (Å²) in [6, 6.07) is 7.20. The first-order valence-corrected chi connectivity index (χ1v) is 40.7. The summed E-state index contributed by atoms with van der Waals surface area (Å²) in [4.78, 5) is 200. The average Bonchev–Trinajstić information content (AvgIpc) is 0.820. The van der Waals surface area contributed by atoms with Crippen LogP contribution in [0.4, 0.5) is 4.79 Å². The first-order chi connectivity index (χ1) is 52.5. The average molecular weight is 1650 g/mol. The smallest absolute Gasteiger partial charge is 0.408 e. The number of carbonyl (C=O) groups is 14. The van der Waals surface area contributed by atoms with Crippen LogP contribution in [-0.2, 0) is 116 Å². The third kappa shape index (κ3) is 51.6. The molecule has 1 atom stereocenters. The van der Waals surface area contributed by atoms with Gasteiger partial charge in [0.15, 0.2) is 0 Å². The molecule has 0 spiro atoms. The Morgan fingerprint density at radius 2 is 0.431 bits per heavy atom. The van der Waals surface area contributed by atoms with Crippen molar-refractivity contribution in [2.45, 2.75) is 433 Å². The van der Waals surface area contributed by atoms with Crippen molar-refractivity contribution < 1.29 is 114 Å². The number of carbonyl (C=O) groups excluding carboxylic acids is 14. The number of nitrogens with one attached hydrogen (secondary N) is 5. The monoisotopic (exact) mass is 1640 g/mol. The molecule has 1 aromatic carbocycles. The van der Waals surface area contributed by atoms with Crippen LogP contribution in [0.5, 0.6) is 0 Å². The van der Waals surface area contributed by atoms with Crippen molar-refractivity contribution in [1.82, 2.24) is 26.6 Å². The number of alkyl carbamates (subject to hydrolysis) is 1. The highest BCUT2D eigenvalue weighted by Gasteiger charge is 2.43. The van der Waals surface area contributed by atoms with Crippen molar-refractivity contribution in [2.75, 3.05) is 0 Å². The van der Waals surface area contributed by atoms with Crippen molar-refractivity contribution >= 4 is 83.4 Å². The zero-order valence-electron chi connectivity index (χ0n) is 75.4. The second-order valence-corrected chi connectivity index (χ2v) is 39.5. The number of benzene rings is 1. The number of amides is 5. The van der Waals surface area contributed by atoms with E-state index in [4.69, 9.17) is 47.4 Å². The molecule has 0 saturated carbocycles. The Labute approximate surface area is 690 Å². The lowest BCUT2D eigenvalue weighted by atomic mass is 9.80. The van der Waals surface area contributed by atoms with E-state index in [9.17, 15) is 47.9 Å². The summed E-state index contributed by atoms with van der Waals surface area (Å²) in [5.74, 6) is -9.40. The number of hydrogen-bond donors (Lipinski definition) is 5. The summed E-state index contributed by atoms with van der Waals surface area (Å²) in [5, 5.41) is 14.8. The molecule has 1 rings (SSSR count). The third-order valence-corrected chi connectivity index (χ3v) is 17.1. The first kappa shape index (κ1) is 106. The Balaban J connectivity index is 4.89. The molecule has 0 saturated heterocycles. The van der Waals surface area contributed by atoms with Crippen molar-refractivity contribution in [1.29, 1.82) is 0 Å². The van der Waals surface area contributed by atoms with Crippen LogP contribution in [0.1, 0.15) is 354 Å². The molecule has 0 bridgehead atoms. The minimum absolute atomic E-state index is 0.206. The molecule has 0 aromatic heterocycles. The molecule has 0 heterocycles. The number of esters is 9. The number of hydrogen-bond acceptors (Lipinski definition) is 24. The summed E-state index contributed by atoms with van der Waals surface area (Å²) in [7, 11) is 0. The molecule has 0 radical (unpaired) electrons. The highest BCUT2D eigenvalue weighted by atomic mass is 16.6. The van der Waals surface area contributed by atoms with Gasteiger partial charge in [-0.2, -0.15) is 0 Å². The van der Waals surface area contributed by atoms with Gasteiger partial charge in [0.1, 0.15) is 63.1 Å². The Morgan fingerprint density at radius 3 is 0.612 bits per heavy atom. The predicted molar refractivity (Wildman–Crippen MR) is 436 cm³/mol. The van der Waals surface area contributed by atoms with Gasteiger partial charge in [0.2, 0.25) is 23.6 Å². The lowest BCUT2D eigenvalue weighted by Gasteiger charge is -2.39. The van der Waals surface area contributed by atoms with Crippen molar-refractivity contribution in [3.63, 3.8) is 0 Å². The van der Waals surface area contributed by atoms with Crippen LogP contribution in [0.2, 0.25) is 0 Å². The molecule has 0 fully saturated rings. The maximum Gasteiger partial charge on any atom is 0.408 e. The van der Waals surface area contributed by atoms with Gasteiger partial charge in [-0.1, -0.05) is 30.3 Å². The van der Waals surface area contributed by atoms with Crippen LogP contribution in [0.3, 0.4) is 0 Å². The number of ether oxygens (including phenoxy) is 10. The molecule has 0 aliphatic heterocycles. The van der Waals surface area contributed by atoms with Gasteiger partial charge in [0.05, 0.1) is 0 Å². The minimum Gasteiger partial charge on any atom is -0.460 e. The van der Waals surface area contributed by atoms with E-state index in [1.165, 1.54) is 6.92 Å². The molecular formula is C87H145N5O24. The maximum absolute atomic E-state index is 15.6. The Hall–Kier alpha value is -8.40. The summed E-state index contributed by atoms with van der Waals surface area (Å²) in [5.41, 5.74) is -14.8. The highest BCUT2D eigenvalue weighted by molar-refractivity contribution is 5.87. The van der Waals surface area contributed by atoms with Crippen molar-refractivity contribution in [3.05, 3.63) is 35.9 Å². The van der Waals surface area contributed by atoms with Crippen LogP contribution in [-0.4, -0.2) is 162 Å². The Bertz CT molecular complexity index is 2900. The van der Waals surface area contributed by atoms with Gasteiger partial charge in [0.25, 0.3) is 0 Å². The molecule has 29 heteroatoms. The van der Waals surface area contributed by atoms with E-state index >= 15 is 19.2 Å². The van der Waals surface area contributed by atoms with Crippen LogP contribution in [0.25, 0.3) is 0 Å². The van der Waals surface area contributed by atoms with Crippen LogP contribution in [0.15, 0.2) is 30.3 Å². The van der Waals surface area contributed by atoms with E-state index in [1.54, 1.807) is 217 Å². The third-order valence-electron chi connectivity index (χ3n) is 17.1. The molecule has 1 aromatic rings. The topological polar surface area (TPSA) is 391 Å². The lowest BCUT2D eigenvalue weighted by molar-refractivity contribution is -0.158. The largest absolute Gasteiger partial charge is 0.460 e. The quantitative estimate of drug-likeness (QED) is 0.0299. The fourth-order valence-corrected chi connectivity index (χ4v) is 12.4. The molecule has 0 aliphatic rings. The van der Waals surface area contributed by atoms with E-state index in [0.717, 1.165) is 0 Å². The van der Waals surface area contributed by atoms with Crippen molar-refractivity contribution in [2.24, 2.45) is 0 Å². The molecule has 0 aliphatic carbocycles. The van der Waals surface area contributed by atoms with E-state index in [2.05, 4.69) is 26.6 Å². The standard InChI is InChI=1S/C87H145N5O24/c1-59(88-74(106)107-58-60-32-30-29-31-33-60)73(105)92-87(46-34-61(93)89-84(49-37-64(96)108-75(2,3)4,50-38-65(97)109-76(5,6)7)51-39-66(98)110-77(8,9)10,47-35-62(94)90-85(52-40-67(99)111-78(11,12)13,53-41-68(100)112-79(14,15)16)54-42-69(101)113-80(17,18)19)48-36-63(95)91-86(55-43-70(102)114-81(20,21)22,56-44-71(103)115-82(23,24)25)57-45-72(104)116-83(26,27)28/h29-33,59H,34-58H2,1-28H3,(H,88,106)(H,89,93)(H,90,94)(H,91,95)(H,92,105)/t59-/m0/s1. The van der Waals surface area contributed by atoms with Crippen molar-refractivity contribution in [3.8, 4) is 0 Å². The van der Waals surface area contributed by atoms with Gasteiger partial charge in [-0.15, -0.1) is 0 Å². The van der Waals surface area contributed by atoms with Crippen LogP contribution < -0.4 is 26.6 Å². The SMILES string of the molecule is C[C@H](NC(=O)OCc1ccccc1)C(=O)NC(CCC(=O)NC(CCC(=O)OC(C)(C)C)(CCC(=O)OC(C)(C)C)CCC(=O)OC(C)(C)C)(CCC(=O)NC(CCC(=O)OC(C)(C)C)(CCC(=O)OC(C)(C)C)CCC(=O)OC(C)(C)C)CCC(=O)NC(CCC(=O)OC(C)(C)C)(CCC(=O)OC(C)(C)C)CCC(=O)OC(C)(C)C. The van der Waals surface area contributed by atoms with Gasteiger partial charge in [-0.25, -0.2) is 4.79 Å². The summed E-state index contributed by atoms with van der Waals surface area (Å²) in [6.45, 7) is 46.2. The second kappa shape index (κ2) is 45.0. The summed E-state index contributed by atoms with van der Waals surface area (Å²) in [6.07, 6.45) is -9.19. The van der Waals surface area contributed by atoms with E-state index in [1.807, 2.05) is 0 Å². The van der Waals surface area contributed by atoms with Gasteiger partial charge in [-0.3, -0.25) is 62.3 Å². The normalized spacial score (nSPS) is 13.1. The van der Waals surface area contributed by atoms with E-state index in [-0.39, 0.29) is 122 Å². The zero-order chi connectivity index (χ0) is 89.6. The van der Waals surface area contributed by atoms with E-state index in [0.29, 0.717) is 5.56 Å². The van der Waals surface area contributed by atoms with Gasteiger partial charge in [-0.05, 0) is 276 Å². The fraction of sp³-hybridized carbons (Fsp3) is 0.770. The Kier molecular flexibility index (Phi) is 40.9. The zero-order valence-corrected chi connectivity index (χ0v) is 75.4. The first-order valence-electron chi connectivity index (χ1n) is 40.7.